The number of rotatable bonds is 4. The van der Waals surface area contributed by atoms with Crippen molar-refractivity contribution in [3.8, 4) is 0 Å². The smallest absolute Gasteiger partial charge is 0.105 e. The summed E-state index contributed by atoms with van der Waals surface area (Å²) in [4.78, 5) is 0. The van der Waals surface area contributed by atoms with Crippen molar-refractivity contribution in [2.45, 2.75) is 33.4 Å². The third-order valence-electron chi connectivity index (χ3n) is 2.90. The molecule has 1 N–H and O–H groups in total. The van der Waals surface area contributed by atoms with Crippen LogP contribution in [0.3, 0.4) is 0 Å². The summed E-state index contributed by atoms with van der Waals surface area (Å²) in [5.74, 6) is 1.95. The lowest BCUT2D eigenvalue weighted by molar-refractivity contribution is 0.488. The minimum absolute atomic E-state index is 0.273. The highest BCUT2D eigenvalue weighted by Crippen LogP contribution is 2.21. The monoisotopic (exact) mass is 233 g/mol. The number of hydrogen-bond acceptors (Lipinski definition) is 3. The number of furan rings is 1. The Hall–Kier alpha value is -1.55. The van der Waals surface area contributed by atoms with Crippen molar-refractivity contribution < 1.29 is 4.42 Å². The topological polar surface area (TPSA) is 43.0 Å². The van der Waals surface area contributed by atoms with Crippen LogP contribution in [0.4, 0.5) is 0 Å². The van der Waals surface area contributed by atoms with Gasteiger partial charge in [0.2, 0.25) is 0 Å². The first kappa shape index (κ1) is 11.9. The summed E-state index contributed by atoms with van der Waals surface area (Å²) in [6.07, 6.45) is 1.95. The summed E-state index contributed by atoms with van der Waals surface area (Å²) in [5, 5.41) is 7.78. The van der Waals surface area contributed by atoms with E-state index in [1.54, 1.807) is 0 Å². The van der Waals surface area contributed by atoms with E-state index in [2.05, 4.69) is 23.4 Å². The van der Waals surface area contributed by atoms with Crippen LogP contribution in [0.1, 0.15) is 35.7 Å². The first-order valence-corrected chi connectivity index (χ1v) is 5.85. The Morgan fingerprint density at radius 3 is 2.76 bits per heavy atom. The Morgan fingerprint density at radius 2 is 2.24 bits per heavy atom. The molecule has 0 aromatic carbocycles. The van der Waals surface area contributed by atoms with E-state index in [0.717, 1.165) is 23.8 Å². The predicted molar refractivity (Wildman–Crippen MR) is 66.6 cm³/mol. The Labute approximate surface area is 102 Å². The Kier molecular flexibility index (Phi) is 3.33. The quantitative estimate of drug-likeness (QED) is 0.882. The van der Waals surface area contributed by atoms with Crippen LogP contribution in [0.25, 0.3) is 0 Å². The molecule has 92 valence electrons. The standard InChI is InChI=1S/C13H19N3O/c1-9-7-13(11(3)17-9)10(2)14-8-12-5-6-16(4)15-12/h5-7,10,14H,8H2,1-4H3. The van der Waals surface area contributed by atoms with Gasteiger partial charge in [0.25, 0.3) is 0 Å². The molecule has 1 atom stereocenters. The van der Waals surface area contributed by atoms with Gasteiger partial charge in [-0.3, -0.25) is 4.68 Å². The van der Waals surface area contributed by atoms with Gasteiger partial charge in [-0.1, -0.05) is 0 Å². The Balaban J connectivity index is 1.97. The fourth-order valence-corrected chi connectivity index (χ4v) is 2.01. The van der Waals surface area contributed by atoms with Crippen molar-refractivity contribution in [2.24, 2.45) is 7.05 Å². The largest absolute Gasteiger partial charge is 0.466 e. The second kappa shape index (κ2) is 4.75. The number of aromatic nitrogens is 2. The average molecular weight is 233 g/mol. The number of nitrogens with zero attached hydrogens (tertiary/aromatic N) is 2. The maximum atomic E-state index is 5.53. The molecule has 0 spiro atoms. The summed E-state index contributed by atoms with van der Waals surface area (Å²) < 4.78 is 7.35. The molecule has 0 bridgehead atoms. The van der Waals surface area contributed by atoms with Gasteiger partial charge in [0.1, 0.15) is 11.5 Å². The molecule has 0 amide bonds. The predicted octanol–water partition coefficient (Wildman–Crippen LogP) is 2.48. The van der Waals surface area contributed by atoms with Crippen molar-refractivity contribution in [3.63, 3.8) is 0 Å². The SMILES string of the molecule is Cc1cc(C(C)NCc2ccn(C)n2)c(C)o1. The molecule has 0 fully saturated rings. The normalized spacial score (nSPS) is 12.9. The highest BCUT2D eigenvalue weighted by Gasteiger charge is 2.12. The zero-order valence-corrected chi connectivity index (χ0v) is 10.8. The van der Waals surface area contributed by atoms with Crippen LogP contribution in [-0.2, 0) is 13.6 Å². The van der Waals surface area contributed by atoms with Crippen LogP contribution >= 0.6 is 0 Å². The Morgan fingerprint density at radius 1 is 1.47 bits per heavy atom. The van der Waals surface area contributed by atoms with Crippen LogP contribution in [0, 0.1) is 13.8 Å². The van der Waals surface area contributed by atoms with E-state index in [4.69, 9.17) is 4.42 Å². The second-order valence-electron chi connectivity index (χ2n) is 4.45. The molecule has 2 rings (SSSR count). The zero-order valence-electron chi connectivity index (χ0n) is 10.8. The molecule has 2 aromatic rings. The van der Waals surface area contributed by atoms with E-state index in [1.165, 1.54) is 5.56 Å². The molecule has 4 nitrogen and oxygen atoms in total. The van der Waals surface area contributed by atoms with Gasteiger partial charge in [0.05, 0.1) is 5.69 Å². The third kappa shape index (κ3) is 2.77. The second-order valence-corrected chi connectivity index (χ2v) is 4.45. The first-order valence-electron chi connectivity index (χ1n) is 5.85. The van der Waals surface area contributed by atoms with Gasteiger partial charge in [-0.25, -0.2) is 0 Å². The fourth-order valence-electron chi connectivity index (χ4n) is 2.01. The number of aryl methyl sites for hydroxylation is 3. The molecule has 0 radical (unpaired) electrons. The molecule has 0 aliphatic heterocycles. The van der Waals surface area contributed by atoms with Crippen LogP contribution in [0.5, 0.6) is 0 Å². The maximum Gasteiger partial charge on any atom is 0.105 e. The molecular weight excluding hydrogens is 214 g/mol. The molecule has 0 aliphatic rings. The molecule has 0 aliphatic carbocycles. The van der Waals surface area contributed by atoms with Gasteiger partial charge in [0.15, 0.2) is 0 Å². The van der Waals surface area contributed by atoms with E-state index in [0.29, 0.717) is 0 Å². The van der Waals surface area contributed by atoms with Gasteiger partial charge < -0.3 is 9.73 Å². The van der Waals surface area contributed by atoms with Gasteiger partial charge in [-0.2, -0.15) is 5.10 Å². The van der Waals surface area contributed by atoms with Crippen molar-refractivity contribution >= 4 is 0 Å². The van der Waals surface area contributed by atoms with Crippen LogP contribution in [0.15, 0.2) is 22.7 Å². The van der Waals surface area contributed by atoms with E-state index < -0.39 is 0 Å². The highest BCUT2D eigenvalue weighted by molar-refractivity contribution is 5.23. The van der Waals surface area contributed by atoms with Crippen molar-refractivity contribution in [1.29, 1.82) is 0 Å². The van der Waals surface area contributed by atoms with Gasteiger partial charge >= 0.3 is 0 Å². The van der Waals surface area contributed by atoms with Crippen LogP contribution in [0.2, 0.25) is 0 Å². The lowest BCUT2D eigenvalue weighted by atomic mass is 10.1. The zero-order chi connectivity index (χ0) is 12.4. The summed E-state index contributed by atoms with van der Waals surface area (Å²) in [6, 6.07) is 4.38. The number of nitrogens with one attached hydrogen (secondary N) is 1. The first-order chi connectivity index (χ1) is 8.06. The van der Waals surface area contributed by atoms with E-state index in [-0.39, 0.29) is 6.04 Å². The molecule has 4 heteroatoms. The summed E-state index contributed by atoms with van der Waals surface area (Å²) >= 11 is 0. The minimum Gasteiger partial charge on any atom is -0.466 e. The third-order valence-corrected chi connectivity index (χ3v) is 2.90. The molecule has 2 aromatic heterocycles. The summed E-state index contributed by atoms with van der Waals surface area (Å²) in [7, 11) is 1.93. The van der Waals surface area contributed by atoms with Crippen LogP contribution < -0.4 is 5.32 Å². The van der Waals surface area contributed by atoms with Crippen molar-refractivity contribution in [2.75, 3.05) is 0 Å². The minimum atomic E-state index is 0.273. The average Bonchev–Trinajstić information content (AvgIpc) is 2.81. The van der Waals surface area contributed by atoms with Crippen LogP contribution in [-0.4, -0.2) is 9.78 Å². The summed E-state index contributed by atoms with van der Waals surface area (Å²) in [6.45, 7) is 6.88. The molecule has 0 saturated carbocycles. The van der Waals surface area contributed by atoms with Crippen molar-refractivity contribution in [3.05, 3.63) is 41.1 Å². The maximum absolute atomic E-state index is 5.53. The van der Waals surface area contributed by atoms with E-state index >= 15 is 0 Å². The number of hydrogen-bond donors (Lipinski definition) is 1. The van der Waals surface area contributed by atoms with Crippen molar-refractivity contribution in [1.82, 2.24) is 15.1 Å². The molecule has 1 unspecified atom stereocenters. The Bertz CT molecular complexity index is 498. The van der Waals surface area contributed by atoms with Gasteiger partial charge in [-0.05, 0) is 32.9 Å². The van der Waals surface area contributed by atoms with Gasteiger partial charge in [0, 0.05) is 31.4 Å². The lowest BCUT2D eigenvalue weighted by Crippen LogP contribution is -2.18. The van der Waals surface area contributed by atoms with E-state index in [1.807, 2.05) is 37.8 Å². The molecule has 0 saturated heterocycles. The molecule has 17 heavy (non-hydrogen) atoms. The molecular formula is C13H19N3O. The highest BCUT2D eigenvalue weighted by atomic mass is 16.3. The van der Waals surface area contributed by atoms with E-state index in [9.17, 15) is 0 Å². The fraction of sp³-hybridized carbons (Fsp3) is 0.462. The van der Waals surface area contributed by atoms with Gasteiger partial charge in [-0.15, -0.1) is 0 Å². The molecule has 2 heterocycles. The summed E-state index contributed by atoms with van der Waals surface area (Å²) in [5.41, 5.74) is 2.27. The lowest BCUT2D eigenvalue weighted by Gasteiger charge is -2.11.